The van der Waals surface area contributed by atoms with E-state index in [9.17, 15) is 0 Å². The summed E-state index contributed by atoms with van der Waals surface area (Å²) in [5, 5.41) is 11.2. The minimum atomic E-state index is 0.595. The molecule has 3 heterocycles. The second-order valence-electron chi connectivity index (χ2n) is 12.5. The molecule has 7 aromatic carbocycles. The van der Waals surface area contributed by atoms with Gasteiger partial charge in [0.25, 0.3) is 0 Å². The number of furan rings is 1. The predicted molar refractivity (Wildman–Crippen MR) is 200 cm³/mol. The highest BCUT2D eigenvalue weighted by atomic mass is 16.3. The molecule has 0 saturated heterocycles. The van der Waals surface area contributed by atoms with Gasteiger partial charge in [0, 0.05) is 33.0 Å². The zero-order chi connectivity index (χ0) is 32.3. The molecule has 5 nitrogen and oxygen atoms in total. The third-order valence-corrected chi connectivity index (χ3v) is 9.48. The van der Waals surface area contributed by atoms with Crippen LogP contribution in [0.25, 0.3) is 100 Å². The monoisotopic (exact) mass is 627 g/mol. The van der Waals surface area contributed by atoms with E-state index in [1.54, 1.807) is 0 Å². The van der Waals surface area contributed by atoms with Crippen molar-refractivity contribution in [2.75, 3.05) is 0 Å². The maximum Gasteiger partial charge on any atom is 0.164 e. The standard InChI is InChI=1S/C44H27N4O/c1-2-10-29(11-3-1)42-46-43(34-17-15-28-9-5-7-13-31(28)23-34)48-44(47-42)37-19-18-36(33-16-14-27-8-4-6-12-30(27)22-33)41-40(37)38-24-35-26-45-21-20-32(35)25-39(38)49-41/h1-25H,26H2/q-1. The van der Waals surface area contributed by atoms with Crippen molar-refractivity contribution in [3.63, 3.8) is 0 Å². The summed E-state index contributed by atoms with van der Waals surface area (Å²) < 4.78 is 6.82. The van der Waals surface area contributed by atoms with Gasteiger partial charge in [0.1, 0.15) is 11.2 Å². The Morgan fingerprint density at radius 2 is 1.14 bits per heavy atom. The minimum Gasteiger partial charge on any atom is -0.687 e. The average molecular weight is 628 g/mol. The summed E-state index contributed by atoms with van der Waals surface area (Å²) in [6.07, 6.45) is 3.91. The molecule has 230 valence electrons. The van der Waals surface area contributed by atoms with E-state index in [4.69, 9.17) is 19.4 Å². The maximum atomic E-state index is 6.82. The van der Waals surface area contributed by atoms with Crippen LogP contribution in [0.2, 0.25) is 0 Å². The molecule has 0 spiro atoms. The van der Waals surface area contributed by atoms with Gasteiger partial charge in [-0.1, -0.05) is 115 Å². The van der Waals surface area contributed by atoms with Crippen LogP contribution in [0, 0.1) is 0 Å². The van der Waals surface area contributed by atoms with Crippen LogP contribution >= 0.6 is 0 Å². The zero-order valence-electron chi connectivity index (χ0n) is 26.3. The summed E-state index contributed by atoms with van der Waals surface area (Å²) in [6, 6.07) is 48.5. The summed E-state index contributed by atoms with van der Waals surface area (Å²) >= 11 is 0. The molecular weight excluding hydrogens is 601 g/mol. The van der Waals surface area contributed by atoms with E-state index in [0.29, 0.717) is 24.0 Å². The van der Waals surface area contributed by atoms with Crippen molar-refractivity contribution in [3.05, 3.63) is 162 Å². The molecule has 0 saturated carbocycles. The fourth-order valence-corrected chi connectivity index (χ4v) is 7.00. The van der Waals surface area contributed by atoms with Gasteiger partial charge in [-0.05, 0) is 69.1 Å². The van der Waals surface area contributed by atoms with Gasteiger partial charge in [-0.3, -0.25) is 0 Å². The van der Waals surface area contributed by atoms with Crippen molar-refractivity contribution in [3.8, 4) is 45.3 Å². The SMILES string of the molecule is C1=Cc2cc3oc4c(-c5ccc6ccccc6c5)ccc(-c5nc(-c6ccccc6)nc(-c6ccc7ccccc7c6)n5)c4c3cc2C[N-]1. The maximum absolute atomic E-state index is 6.82. The van der Waals surface area contributed by atoms with Crippen molar-refractivity contribution in [2.24, 2.45) is 0 Å². The molecular formula is C44H27N4O-. The van der Waals surface area contributed by atoms with E-state index in [1.807, 2.05) is 42.6 Å². The molecule has 0 aliphatic carbocycles. The molecule has 0 radical (unpaired) electrons. The van der Waals surface area contributed by atoms with Crippen molar-refractivity contribution in [2.45, 2.75) is 6.54 Å². The second kappa shape index (κ2) is 11.0. The lowest BCUT2D eigenvalue weighted by molar-refractivity contribution is 0.669. The Bertz CT molecular complexity index is 2780. The summed E-state index contributed by atoms with van der Waals surface area (Å²) in [7, 11) is 0. The number of rotatable bonds is 4. The number of fused-ring (bicyclic) bond motifs is 6. The molecule has 2 aromatic heterocycles. The number of hydrogen-bond donors (Lipinski definition) is 0. The highest BCUT2D eigenvalue weighted by molar-refractivity contribution is 6.16. The van der Waals surface area contributed by atoms with Crippen LogP contribution < -0.4 is 0 Å². The fraction of sp³-hybridized carbons (Fsp3) is 0.0227. The molecule has 0 N–H and O–H groups in total. The quantitative estimate of drug-likeness (QED) is 0.195. The lowest BCUT2D eigenvalue weighted by atomic mass is 9.95. The molecule has 9 aromatic rings. The van der Waals surface area contributed by atoms with Gasteiger partial charge in [-0.2, -0.15) is 6.20 Å². The fourth-order valence-electron chi connectivity index (χ4n) is 7.00. The highest BCUT2D eigenvalue weighted by Gasteiger charge is 2.22. The first-order valence-corrected chi connectivity index (χ1v) is 16.4. The Hall–Kier alpha value is -6.59. The third-order valence-electron chi connectivity index (χ3n) is 9.48. The van der Waals surface area contributed by atoms with E-state index in [1.165, 1.54) is 16.2 Å². The van der Waals surface area contributed by atoms with E-state index in [0.717, 1.165) is 66.3 Å². The number of nitrogens with zero attached hydrogens (tertiary/aromatic N) is 4. The van der Waals surface area contributed by atoms with Crippen molar-refractivity contribution < 1.29 is 4.42 Å². The van der Waals surface area contributed by atoms with Crippen molar-refractivity contribution in [1.82, 2.24) is 15.0 Å². The summed E-state index contributed by atoms with van der Waals surface area (Å²) in [5.41, 5.74) is 8.78. The van der Waals surface area contributed by atoms with Gasteiger partial charge < -0.3 is 9.73 Å². The van der Waals surface area contributed by atoms with Gasteiger partial charge in [-0.25, -0.2) is 15.0 Å². The van der Waals surface area contributed by atoms with E-state index in [-0.39, 0.29) is 0 Å². The molecule has 0 atom stereocenters. The van der Waals surface area contributed by atoms with Crippen LogP contribution in [0.3, 0.4) is 0 Å². The molecule has 0 bridgehead atoms. The van der Waals surface area contributed by atoms with E-state index >= 15 is 0 Å². The lowest BCUT2D eigenvalue weighted by Crippen LogP contribution is -2.00. The van der Waals surface area contributed by atoms with Crippen LogP contribution in [-0.2, 0) is 6.54 Å². The third kappa shape index (κ3) is 4.67. The summed E-state index contributed by atoms with van der Waals surface area (Å²) in [6.45, 7) is 0.629. The summed E-state index contributed by atoms with van der Waals surface area (Å²) in [4.78, 5) is 15.3. The van der Waals surface area contributed by atoms with Gasteiger partial charge in [0.15, 0.2) is 17.5 Å². The minimum absolute atomic E-state index is 0.595. The smallest absolute Gasteiger partial charge is 0.164 e. The molecule has 0 fully saturated rings. The number of aromatic nitrogens is 3. The normalized spacial score (nSPS) is 12.5. The Morgan fingerprint density at radius 1 is 0.510 bits per heavy atom. The van der Waals surface area contributed by atoms with Crippen LogP contribution in [0.5, 0.6) is 0 Å². The van der Waals surface area contributed by atoms with E-state index in [2.05, 4.69) is 115 Å². The number of hydrogen-bond acceptors (Lipinski definition) is 4. The van der Waals surface area contributed by atoms with Crippen LogP contribution in [0.1, 0.15) is 11.1 Å². The molecule has 1 aliphatic heterocycles. The van der Waals surface area contributed by atoms with Gasteiger partial charge in [0.05, 0.1) is 0 Å². The molecule has 0 amide bonds. The molecule has 49 heavy (non-hydrogen) atoms. The van der Waals surface area contributed by atoms with Crippen LogP contribution in [0.15, 0.2) is 150 Å². The van der Waals surface area contributed by atoms with Gasteiger partial charge in [0.2, 0.25) is 0 Å². The topological polar surface area (TPSA) is 65.9 Å². The zero-order valence-corrected chi connectivity index (χ0v) is 26.3. The number of benzene rings is 7. The summed E-state index contributed by atoms with van der Waals surface area (Å²) in [5.74, 6) is 1.84. The first-order valence-electron chi connectivity index (χ1n) is 16.4. The van der Waals surface area contributed by atoms with Crippen molar-refractivity contribution >= 4 is 49.6 Å². The molecule has 10 rings (SSSR count). The first-order chi connectivity index (χ1) is 24.2. The van der Waals surface area contributed by atoms with Gasteiger partial charge >= 0.3 is 0 Å². The largest absolute Gasteiger partial charge is 0.687 e. The predicted octanol–water partition coefficient (Wildman–Crippen LogP) is 11.6. The Morgan fingerprint density at radius 3 is 1.92 bits per heavy atom. The highest BCUT2D eigenvalue weighted by Crippen LogP contribution is 2.43. The second-order valence-corrected chi connectivity index (χ2v) is 12.5. The van der Waals surface area contributed by atoms with Crippen LogP contribution in [-0.4, -0.2) is 15.0 Å². The van der Waals surface area contributed by atoms with Gasteiger partial charge in [-0.15, -0.1) is 6.54 Å². The van der Waals surface area contributed by atoms with E-state index < -0.39 is 0 Å². The molecule has 0 unspecified atom stereocenters. The van der Waals surface area contributed by atoms with Crippen LogP contribution in [0.4, 0.5) is 0 Å². The first kappa shape index (κ1) is 27.5. The Kier molecular flexibility index (Phi) is 6.18. The Labute approximate surface area is 282 Å². The Balaban J connectivity index is 1.26. The van der Waals surface area contributed by atoms with Crippen molar-refractivity contribution in [1.29, 1.82) is 0 Å². The molecule has 1 aliphatic rings. The lowest BCUT2D eigenvalue weighted by Gasteiger charge is -2.22. The molecule has 5 heteroatoms. The average Bonchev–Trinajstić information content (AvgIpc) is 3.54.